The van der Waals surface area contributed by atoms with Crippen LogP contribution in [0.4, 0.5) is 5.69 Å². The van der Waals surface area contributed by atoms with Crippen LogP contribution < -0.4 is 5.73 Å². The number of likely N-dealkylation sites (N-methyl/N-ethyl adjacent to an activating group) is 2. The van der Waals surface area contributed by atoms with E-state index >= 15 is 0 Å². The minimum atomic E-state index is -0.0748. The zero-order valence-electron chi connectivity index (χ0n) is 20.7. The smallest absolute Gasteiger partial charge is 0.253 e. The van der Waals surface area contributed by atoms with E-state index in [2.05, 4.69) is 23.9 Å². The van der Waals surface area contributed by atoms with Gasteiger partial charge in [0.15, 0.2) is 0 Å². The van der Waals surface area contributed by atoms with Gasteiger partial charge < -0.3 is 25.3 Å². The van der Waals surface area contributed by atoms with Crippen LogP contribution in [0.2, 0.25) is 5.02 Å². The summed E-state index contributed by atoms with van der Waals surface area (Å²) >= 11 is 6.21. The summed E-state index contributed by atoms with van der Waals surface area (Å²) < 4.78 is 0. The van der Waals surface area contributed by atoms with Crippen molar-refractivity contribution in [1.82, 2.24) is 24.6 Å². The number of nitrogen functional groups attached to an aromatic ring is 1. The molecule has 0 radical (unpaired) electrons. The van der Waals surface area contributed by atoms with Crippen LogP contribution in [0.15, 0.2) is 42.5 Å². The van der Waals surface area contributed by atoms with Gasteiger partial charge in [-0.05, 0) is 56.6 Å². The SMILES string of the molecule is CN1CCN(C(=O)c2cc(C(=O)N3CCN(C)CC3)cc(-c3cc(N)c4ccc(Cl)cc4n3)c2)CC1. The highest BCUT2D eigenvalue weighted by molar-refractivity contribution is 6.31. The van der Waals surface area contributed by atoms with E-state index in [1.54, 1.807) is 24.3 Å². The molecular weight excluding hydrogens is 476 g/mol. The maximum absolute atomic E-state index is 13.5. The molecule has 3 heterocycles. The summed E-state index contributed by atoms with van der Waals surface area (Å²) in [4.78, 5) is 39.9. The second-order valence-electron chi connectivity index (χ2n) is 9.75. The second-order valence-corrected chi connectivity index (χ2v) is 10.2. The van der Waals surface area contributed by atoms with Crippen LogP contribution in [0.3, 0.4) is 0 Å². The molecule has 36 heavy (non-hydrogen) atoms. The lowest BCUT2D eigenvalue weighted by Crippen LogP contribution is -2.47. The average molecular weight is 507 g/mol. The van der Waals surface area contributed by atoms with Gasteiger partial charge in [0, 0.05) is 85.1 Å². The number of carbonyl (C=O) groups excluding carboxylic acids is 2. The Morgan fingerprint density at radius 2 is 1.31 bits per heavy atom. The lowest BCUT2D eigenvalue weighted by molar-refractivity contribution is 0.0662. The van der Waals surface area contributed by atoms with Crippen molar-refractivity contribution in [2.75, 3.05) is 72.2 Å². The number of nitrogens with two attached hydrogens (primary N) is 1. The number of hydrogen-bond donors (Lipinski definition) is 1. The van der Waals surface area contributed by atoms with Crippen LogP contribution in [0, 0.1) is 0 Å². The molecule has 9 heteroatoms. The molecule has 2 aliphatic rings. The number of pyridine rings is 1. The quantitative estimate of drug-likeness (QED) is 0.588. The molecule has 2 aliphatic heterocycles. The standard InChI is InChI=1S/C27H31ClN6O2/c1-31-5-9-33(10-6-31)26(35)19-13-18(14-20(15-19)27(36)34-11-7-32(2)8-12-34)24-17-23(29)22-4-3-21(28)16-25(22)30-24/h3-4,13-17H,5-12H2,1-2H3,(H2,29,30). The van der Waals surface area contributed by atoms with Crippen molar-refractivity contribution >= 4 is 40.0 Å². The first-order valence-corrected chi connectivity index (χ1v) is 12.6. The Morgan fingerprint density at radius 3 is 1.83 bits per heavy atom. The molecule has 188 valence electrons. The molecule has 0 bridgehead atoms. The molecule has 1 aromatic heterocycles. The van der Waals surface area contributed by atoms with Crippen LogP contribution in [0.5, 0.6) is 0 Å². The van der Waals surface area contributed by atoms with Crippen molar-refractivity contribution in [3.63, 3.8) is 0 Å². The first kappa shape index (κ1) is 24.5. The van der Waals surface area contributed by atoms with E-state index < -0.39 is 0 Å². The third-order valence-electron chi connectivity index (χ3n) is 7.11. The van der Waals surface area contributed by atoms with E-state index in [1.165, 1.54) is 0 Å². The molecule has 0 spiro atoms. The molecule has 0 saturated carbocycles. The third kappa shape index (κ3) is 5.02. The number of amides is 2. The van der Waals surface area contributed by atoms with Crippen molar-refractivity contribution in [1.29, 1.82) is 0 Å². The lowest BCUT2D eigenvalue weighted by Gasteiger charge is -2.33. The van der Waals surface area contributed by atoms with Crippen molar-refractivity contribution in [2.24, 2.45) is 0 Å². The zero-order valence-corrected chi connectivity index (χ0v) is 21.5. The Kier molecular flexibility index (Phi) is 6.83. The number of halogens is 1. The van der Waals surface area contributed by atoms with Gasteiger partial charge in [-0.2, -0.15) is 0 Å². The fourth-order valence-electron chi connectivity index (χ4n) is 4.78. The van der Waals surface area contributed by atoms with Crippen molar-refractivity contribution in [3.8, 4) is 11.3 Å². The molecule has 3 aromatic rings. The maximum Gasteiger partial charge on any atom is 0.253 e. The Morgan fingerprint density at radius 1 is 0.778 bits per heavy atom. The molecule has 2 N–H and O–H groups in total. The fourth-order valence-corrected chi connectivity index (χ4v) is 4.95. The largest absolute Gasteiger partial charge is 0.398 e. The van der Waals surface area contributed by atoms with Crippen LogP contribution in [0.1, 0.15) is 20.7 Å². The Labute approximate surface area is 216 Å². The summed E-state index contributed by atoms with van der Waals surface area (Å²) in [5, 5.41) is 1.37. The predicted molar refractivity (Wildman–Crippen MR) is 143 cm³/mol. The van der Waals surface area contributed by atoms with E-state index in [9.17, 15) is 9.59 Å². The van der Waals surface area contributed by atoms with Gasteiger partial charge in [-0.25, -0.2) is 4.98 Å². The minimum absolute atomic E-state index is 0.0748. The van der Waals surface area contributed by atoms with E-state index in [0.717, 1.165) is 31.6 Å². The summed E-state index contributed by atoms with van der Waals surface area (Å²) in [5.41, 5.74) is 9.84. The van der Waals surface area contributed by atoms with Crippen LogP contribution in [0.25, 0.3) is 22.2 Å². The first-order valence-electron chi connectivity index (χ1n) is 12.3. The first-order chi connectivity index (χ1) is 17.3. The molecule has 0 aliphatic carbocycles. The van der Waals surface area contributed by atoms with Gasteiger partial charge in [0.05, 0.1) is 11.2 Å². The van der Waals surface area contributed by atoms with Gasteiger partial charge in [0.2, 0.25) is 0 Å². The summed E-state index contributed by atoms with van der Waals surface area (Å²) in [5.74, 6) is -0.150. The highest BCUT2D eigenvalue weighted by Gasteiger charge is 2.25. The number of piperazine rings is 2. The Balaban J connectivity index is 1.57. The van der Waals surface area contributed by atoms with Crippen LogP contribution in [-0.2, 0) is 0 Å². The van der Waals surface area contributed by atoms with Crippen molar-refractivity contribution in [3.05, 3.63) is 58.6 Å². The number of hydrogen-bond acceptors (Lipinski definition) is 6. The zero-order chi connectivity index (χ0) is 25.4. The van der Waals surface area contributed by atoms with Crippen molar-refractivity contribution in [2.45, 2.75) is 0 Å². The molecular formula is C27H31ClN6O2. The van der Waals surface area contributed by atoms with Crippen LogP contribution in [-0.4, -0.2) is 103 Å². The lowest BCUT2D eigenvalue weighted by atomic mass is 10.00. The summed E-state index contributed by atoms with van der Waals surface area (Å²) in [7, 11) is 4.11. The third-order valence-corrected chi connectivity index (χ3v) is 7.34. The van der Waals surface area contributed by atoms with E-state index in [4.69, 9.17) is 22.3 Å². The number of benzene rings is 2. The summed E-state index contributed by atoms with van der Waals surface area (Å²) in [6.07, 6.45) is 0. The molecule has 2 fully saturated rings. The number of fused-ring (bicyclic) bond motifs is 1. The number of nitrogens with zero attached hydrogens (tertiary/aromatic N) is 5. The van der Waals surface area contributed by atoms with E-state index in [1.807, 2.05) is 28.0 Å². The number of carbonyl (C=O) groups is 2. The minimum Gasteiger partial charge on any atom is -0.398 e. The molecule has 0 unspecified atom stereocenters. The topological polar surface area (TPSA) is 86.0 Å². The normalized spacial score (nSPS) is 17.5. The number of aromatic nitrogens is 1. The fraction of sp³-hybridized carbons (Fsp3) is 0.370. The highest BCUT2D eigenvalue weighted by Crippen LogP contribution is 2.30. The molecule has 5 rings (SSSR count). The second kappa shape index (κ2) is 10.0. The van der Waals surface area contributed by atoms with Crippen LogP contribution >= 0.6 is 11.6 Å². The molecule has 2 aromatic carbocycles. The highest BCUT2D eigenvalue weighted by atomic mass is 35.5. The Hall–Kier alpha value is -3.20. The van der Waals surface area contributed by atoms with E-state index in [0.29, 0.717) is 64.8 Å². The molecule has 8 nitrogen and oxygen atoms in total. The number of anilines is 1. The van der Waals surface area contributed by atoms with Gasteiger partial charge in [0.1, 0.15) is 0 Å². The van der Waals surface area contributed by atoms with E-state index in [-0.39, 0.29) is 11.8 Å². The summed E-state index contributed by atoms with van der Waals surface area (Å²) in [6, 6.07) is 12.6. The van der Waals surface area contributed by atoms with Crippen molar-refractivity contribution < 1.29 is 9.59 Å². The maximum atomic E-state index is 13.5. The average Bonchev–Trinajstić information content (AvgIpc) is 2.88. The number of rotatable bonds is 3. The van der Waals surface area contributed by atoms with Gasteiger partial charge in [0.25, 0.3) is 11.8 Å². The molecule has 2 saturated heterocycles. The molecule has 0 atom stereocenters. The monoisotopic (exact) mass is 506 g/mol. The van der Waals surface area contributed by atoms with Gasteiger partial charge in [-0.3, -0.25) is 9.59 Å². The molecule has 2 amide bonds. The predicted octanol–water partition coefficient (Wildman–Crippen LogP) is 2.91. The van der Waals surface area contributed by atoms with Gasteiger partial charge in [-0.15, -0.1) is 0 Å². The van der Waals surface area contributed by atoms with Gasteiger partial charge >= 0.3 is 0 Å². The van der Waals surface area contributed by atoms with Gasteiger partial charge in [-0.1, -0.05) is 11.6 Å². The summed E-state index contributed by atoms with van der Waals surface area (Å²) in [6.45, 7) is 5.90. The Bertz CT molecular complexity index is 1260.